The average molecular weight is 393 g/mol. The Bertz CT molecular complexity index is 1050. The fourth-order valence-corrected chi connectivity index (χ4v) is 5.95. The molecule has 0 saturated carbocycles. The number of hydrogen-bond donors (Lipinski definition) is 1. The van der Waals surface area contributed by atoms with Crippen molar-refractivity contribution in [3.05, 3.63) is 34.2 Å². The minimum Gasteiger partial charge on any atom is -0.380 e. The zero-order chi connectivity index (χ0) is 19.3. The SMILES string of the molecule is CC(C)n1c(=O)[nH]c2ccc(C(=O)N3CCS(=O)(=O)C4COCCC43)cc21. The van der Waals surface area contributed by atoms with Crippen molar-refractivity contribution >= 4 is 26.8 Å². The summed E-state index contributed by atoms with van der Waals surface area (Å²) in [6.45, 7) is 4.59. The maximum absolute atomic E-state index is 13.2. The average Bonchev–Trinajstić information content (AvgIpc) is 2.96. The van der Waals surface area contributed by atoms with Crippen molar-refractivity contribution < 1.29 is 17.9 Å². The summed E-state index contributed by atoms with van der Waals surface area (Å²) in [6.07, 6.45) is 0.513. The Hall–Kier alpha value is -2.13. The van der Waals surface area contributed by atoms with Gasteiger partial charge in [-0.2, -0.15) is 0 Å². The van der Waals surface area contributed by atoms with E-state index in [9.17, 15) is 18.0 Å². The minimum absolute atomic E-state index is 0.0448. The lowest BCUT2D eigenvalue weighted by atomic mass is 10.0. The molecule has 8 nitrogen and oxygen atoms in total. The second-order valence-corrected chi connectivity index (χ2v) is 9.80. The summed E-state index contributed by atoms with van der Waals surface area (Å²) in [5.41, 5.74) is 1.60. The molecule has 2 aliphatic heterocycles. The van der Waals surface area contributed by atoms with Gasteiger partial charge < -0.3 is 14.6 Å². The van der Waals surface area contributed by atoms with Gasteiger partial charge in [-0.15, -0.1) is 0 Å². The molecule has 2 aromatic rings. The van der Waals surface area contributed by atoms with Crippen molar-refractivity contribution in [1.82, 2.24) is 14.5 Å². The standard InChI is InChI=1S/C18H23N3O5S/c1-11(2)21-15-9-12(3-4-13(15)19-18(21)23)17(22)20-6-8-27(24,25)16-10-26-7-5-14(16)20/h3-4,9,11,14,16H,5-8,10H2,1-2H3,(H,19,23). The van der Waals surface area contributed by atoms with Gasteiger partial charge in [-0.25, -0.2) is 13.2 Å². The molecule has 1 aromatic heterocycles. The van der Waals surface area contributed by atoms with E-state index in [1.165, 1.54) is 0 Å². The summed E-state index contributed by atoms with van der Waals surface area (Å²) >= 11 is 0. The molecule has 2 fully saturated rings. The Kier molecular flexibility index (Phi) is 4.38. The molecule has 2 aliphatic rings. The normalized spacial score (nSPS) is 24.9. The Morgan fingerprint density at radius 1 is 1.33 bits per heavy atom. The van der Waals surface area contributed by atoms with E-state index in [0.717, 1.165) is 0 Å². The second-order valence-electron chi connectivity index (χ2n) is 7.46. The summed E-state index contributed by atoms with van der Waals surface area (Å²) in [5, 5.41) is -0.659. The number of rotatable bonds is 2. The van der Waals surface area contributed by atoms with Gasteiger partial charge in [0, 0.05) is 24.8 Å². The van der Waals surface area contributed by atoms with Gasteiger partial charge in [-0.1, -0.05) is 0 Å². The Balaban J connectivity index is 1.72. The fraction of sp³-hybridized carbons (Fsp3) is 0.556. The van der Waals surface area contributed by atoms with Crippen molar-refractivity contribution in [3.8, 4) is 0 Å². The van der Waals surface area contributed by atoms with Gasteiger partial charge in [0.25, 0.3) is 5.91 Å². The van der Waals surface area contributed by atoms with Gasteiger partial charge in [0.2, 0.25) is 0 Å². The molecule has 0 spiro atoms. The number of fused-ring (bicyclic) bond motifs is 2. The molecule has 1 amide bonds. The van der Waals surface area contributed by atoms with Crippen LogP contribution in [0.3, 0.4) is 0 Å². The smallest absolute Gasteiger partial charge is 0.326 e. The van der Waals surface area contributed by atoms with E-state index in [1.807, 2.05) is 13.8 Å². The van der Waals surface area contributed by atoms with E-state index in [-0.39, 0.29) is 42.6 Å². The van der Waals surface area contributed by atoms with Crippen molar-refractivity contribution in [2.75, 3.05) is 25.5 Å². The van der Waals surface area contributed by atoms with E-state index >= 15 is 0 Å². The molecule has 9 heteroatoms. The highest BCUT2D eigenvalue weighted by Gasteiger charge is 2.45. The third kappa shape index (κ3) is 2.98. The number of aromatic nitrogens is 2. The third-order valence-electron chi connectivity index (χ3n) is 5.49. The predicted octanol–water partition coefficient (Wildman–Crippen LogP) is 0.939. The first kappa shape index (κ1) is 18.2. The molecule has 0 radical (unpaired) electrons. The zero-order valence-electron chi connectivity index (χ0n) is 15.3. The number of hydrogen-bond acceptors (Lipinski definition) is 5. The molecule has 27 heavy (non-hydrogen) atoms. The Morgan fingerprint density at radius 2 is 2.11 bits per heavy atom. The van der Waals surface area contributed by atoms with Crippen LogP contribution in [-0.2, 0) is 14.6 Å². The van der Waals surface area contributed by atoms with Gasteiger partial charge in [0.05, 0.1) is 29.4 Å². The molecule has 0 bridgehead atoms. The van der Waals surface area contributed by atoms with Crippen LogP contribution in [0.1, 0.15) is 36.7 Å². The Morgan fingerprint density at radius 3 is 2.85 bits per heavy atom. The first-order valence-electron chi connectivity index (χ1n) is 9.14. The maximum atomic E-state index is 13.2. The number of H-pyrrole nitrogens is 1. The van der Waals surface area contributed by atoms with E-state index in [0.29, 0.717) is 29.6 Å². The molecule has 2 atom stereocenters. The number of carbonyl (C=O) groups excluding carboxylic acids is 1. The van der Waals surface area contributed by atoms with Crippen LogP contribution in [0.15, 0.2) is 23.0 Å². The number of amides is 1. The van der Waals surface area contributed by atoms with Crippen LogP contribution >= 0.6 is 0 Å². The van der Waals surface area contributed by atoms with E-state index < -0.39 is 15.1 Å². The van der Waals surface area contributed by atoms with Crippen LogP contribution in [0.25, 0.3) is 11.0 Å². The number of imidazole rings is 1. The first-order chi connectivity index (χ1) is 12.8. The first-order valence-corrected chi connectivity index (χ1v) is 10.9. The highest BCUT2D eigenvalue weighted by atomic mass is 32.2. The molecule has 4 rings (SSSR count). The Labute approximate surface area is 157 Å². The highest BCUT2D eigenvalue weighted by molar-refractivity contribution is 7.92. The molecule has 1 aromatic carbocycles. The van der Waals surface area contributed by atoms with Gasteiger partial charge in [0.15, 0.2) is 9.84 Å². The molecule has 3 heterocycles. The monoisotopic (exact) mass is 393 g/mol. The van der Waals surface area contributed by atoms with Gasteiger partial charge >= 0.3 is 5.69 Å². The predicted molar refractivity (Wildman–Crippen MR) is 101 cm³/mol. The molecule has 0 aliphatic carbocycles. The summed E-state index contributed by atoms with van der Waals surface area (Å²) in [5.74, 6) is -0.250. The zero-order valence-corrected chi connectivity index (χ0v) is 16.2. The van der Waals surface area contributed by atoms with Crippen LogP contribution in [0.4, 0.5) is 0 Å². The van der Waals surface area contributed by atoms with E-state index in [2.05, 4.69) is 4.98 Å². The number of sulfone groups is 1. The number of benzene rings is 1. The topological polar surface area (TPSA) is 101 Å². The molecule has 2 saturated heterocycles. The fourth-order valence-electron chi connectivity index (χ4n) is 4.13. The van der Waals surface area contributed by atoms with Crippen molar-refractivity contribution in [3.63, 3.8) is 0 Å². The van der Waals surface area contributed by atoms with Crippen molar-refractivity contribution in [2.24, 2.45) is 0 Å². The van der Waals surface area contributed by atoms with Gasteiger partial charge in [-0.3, -0.25) is 9.36 Å². The number of ether oxygens (including phenoxy) is 1. The van der Waals surface area contributed by atoms with Crippen molar-refractivity contribution in [1.29, 1.82) is 0 Å². The van der Waals surface area contributed by atoms with E-state index in [4.69, 9.17) is 4.74 Å². The molecule has 2 unspecified atom stereocenters. The van der Waals surface area contributed by atoms with Crippen LogP contribution in [0, 0.1) is 0 Å². The van der Waals surface area contributed by atoms with E-state index in [1.54, 1.807) is 27.7 Å². The largest absolute Gasteiger partial charge is 0.380 e. The van der Waals surface area contributed by atoms with Crippen LogP contribution in [-0.4, -0.2) is 65.6 Å². The highest BCUT2D eigenvalue weighted by Crippen LogP contribution is 2.28. The van der Waals surface area contributed by atoms with Gasteiger partial charge in [0.1, 0.15) is 5.25 Å². The lowest BCUT2D eigenvalue weighted by molar-refractivity contribution is 0.0294. The maximum Gasteiger partial charge on any atom is 0.326 e. The molecular weight excluding hydrogens is 370 g/mol. The van der Waals surface area contributed by atoms with Crippen LogP contribution < -0.4 is 5.69 Å². The number of nitrogens with one attached hydrogen (secondary N) is 1. The third-order valence-corrected chi connectivity index (χ3v) is 7.61. The number of nitrogens with zero attached hydrogens (tertiary/aromatic N) is 2. The quantitative estimate of drug-likeness (QED) is 0.818. The minimum atomic E-state index is -3.25. The summed E-state index contributed by atoms with van der Waals surface area (Å²) < 4.78 is 31.7. The lowest BCUT2D eigenvalue weighted by Gasteiger charge is -2.43. The molecule has 146 valence electrons. The summed E-state index contributed by atoms with van der Waals surface area (Å²) in [7, 11) is -3.25. The van der Waals surface area contributed by atoms with Crippen molar-refractivity contribution in [2.45, 2.75) is 37.6 Å². The number of carbonyl (C=O) groups is 1. The van der Waals surface area contributed by atoms with Crippen LogP contribution in [0.2, 0.25) is 0 Å². The summed E-state index contributed by atoms with van der Waals surface area (Å²) in [4.78, 5) is 29.8. The molecular formula is C18H23N3O5S. The molecule has 1 N–H and O–H groups in total. The lowest BCUT2D eigenvalue weighted by Crippen LogP contribution is -2.60. The summed E-state index contributed by atoms with van der Waals surface area (Å²) in [6, 6.07) is 4.72. The second kappa shape index (κ2) is 6.49. The number of aromatic amines is 1. The van der Waals surface area contributed by atoms with Crippen LogP contribution in [0.5, 0.6) is 0 Å². The van der Waals surface area contributed by atoms with Gasteiger partial charge in [-0.05, 0) is 38.5 Å².